The molecule has 31 heavy (non-hydrogen) atoms. The Balaban J connectivity index is 1.16. The number of thiazole rings is 1. The van der Waals surface area contributed by atoms with E-state index < -0.39 is 6.61 Å². The number of amides is 1. The third kappa shape index (κ3) is 4.33. The van der Waals surface area contributed by atoms with Gasteiger partial charge in [0.15, 0.2) is 5.13 Å². The predicted octanol–water partition coefficient (Wildman–Crippen LogP) is 2.81. The zero-order chi connectivity index (χ0) is 21.2. The molecule has 162 valence electrons. The summed E-state index contributed by atoms with van der Waals surface area (Å²) in [7, 11) is 0. The van der Waals surface area contributed by atoms with Crippen LogP contribution < -0.4 is 10.1 Å². The normalized spacial score (nSPS) is 21.6. The summed E-state index contributed by atoms with van der Waals surface area (Å²) < 4.78 is 7.39. The van der Waals surface area contributed by atoms with E-state index in [2.05, 4.69) is 26.3 Å². The number of carbonyl (C=O) groups is 1. The summed E-state index contributed by atoms with van der Waals surface area (Å²) in [5, 5.41) is 13.5. The van der Waals surface area contributed by atoms with Crippen LogP contribution in [0.15, 0.2) is 36.7 Å². The van der Waals surface area contributed by atoms with Crippen molar-refractivity contribution in [2.24, 2.45) is 0 Å². The van der Waals surface area contributed by atoms with Crippen molar-refractivity contribution < 1.29 is 14.6 Å². The molecule has 0 radical (unpaired) electrons. The van der Waals surface area contributed by atoms with Crippen LogP contribution in [0.25, 0.3) is 10.2 Å². The molecular formula is C22H25N5O3S. The highest BCUT2D eigenvalue weighted by Gasteiger charge is 2.34. The highest BCUT2D eigenvalue weighted by molar-refractivity contribution is 7.22. The monoisotopic (exact) mass is 439 g/mol. The molecule has 0 unspecified atom stereocenters. The molecular weight excluding hydrogens is 414 g/mol. The number of nitrogens with one attached hydrogen (secondary N) is 1. The Bertz CT molecular complexity index is 1030. The van der Waals surface area contributed by atoms with E-state index in [9.17, 15) is 4.79 Å². The average molecular weight is 440 g/mol. The van der Waals surface area contributed by atoms with Gasteiger partial charge in [0.1, 0.15) is 18.4 Å². The number of hydrogen-bond donors (Lipinski definition) is 2. The number of benzene rings is 1. The van der Waals surface area contributed by atoms with Crippen molar-refractivity contribution in [3.63, 3.8) is 0 Å². The molecule has 1 aliphatic heterocycles. The Morgan fingerprint density at radius 2 is 1.97 bits per heavy atom. The van der Waals surface area contributed by atoms with Gasteiger partial charge in [0.2, 0.25) is 11.8 Å². The molecule has 3 heterocycles. The second-order valence-corrected chi connectivity index (χ2v) is 9.13. The summed E-state index contributed by atoms with van der Waals surface area (Å²) in [6.45, 7) is 0.813. The van der Waals surface area contributed by atoms with E-state index in [1.165, 1.54) is 4.70 Å². The van der Waals surface area contributed by atoms with Crippen molar-refractivity contribution in [3.8, 4) is 5.88 Å². The van der Waals surface area contributed by atoms with E-state index >= 15 is 0 Å². The first-order valence-electron chi connectivity index (χ1n) is 10.7. The van der Waals surface area contributed by atoms with Gasteiger partial charge in [-0.1, -0.05) is 23.5 Å². The molecule has 1 saturated carbocycles. The number of aliphatic hydroxyl groups is 1. The second kappa shape index (κ2) is 8.76. The molecule has 2 N–H and O–H groups in total. The number of piperidine rings is 1. The fourth-order valence-electron chi connectivity index (χ4n) is 4.26. The maximum Gasteiger partial charge on any atom is 0.248 e. The Morgan fingerprint density at radius 3 is 2.74 bits per heavy atom. The highest BCUT2D eigenvalue weighted by atomic mass is 32.1. The SMILES string of the molecule is O=C(CO)N1CCC(c2nccnc2OC2CC(Nc3nc4ccccc4s3)C2)CC1. The van der Waals surface area contributed by atoms with Crippen molar-refractivity contribution in [1.29, 1.82) is 0 Å². The first-order valence-corrected chi connectivity index (χ1v) is 11.5. The van der Waals surface area contributed by atoms with Crippen LogP contribution in [0.3, 0.4) is 0 Å². The van der Waals surface area contributed by atoms with Crippen LogP contribution >= 0.6 is 11.3 Å². The Morgan fingerprint density at radius 1 is 1.19 bits per heavy atom. The summed E-state index contributed by atoms with van der Waals surface area (Å²) in [5.41, 5.74) is 1.90. The van der Waals surface area contributed by atoms with E-state index in [0.29, 0.717) is 25.0 Å². The molecule has 2 aliphatic rings. The van der Waals surface area contributed by atoms with Crippen LogP contribution in [-0.4, -0.2) is 62.7 Å². The molecule has 1 aliphatic carbocycles. The Labute approximate surface area is 184 Å². The molecule has 2 aromatic heterocycles. The topological polar surface area (TPSA) is 100 Å². The minimum absolute atomic E-state index is 0.110. The van der Waals surface area contributed by atoms with Crippen LogP contribution in [0.4, 0.5) is 5.13 Å². The number of carbonyl (C=O) groups excluding carboxylic acids is 1. The molecule has 1 amide bonds. The van der Waals surface area contributed by atoms with Crippen molar-refractivity contribution >= 4 is 32.6 Å². The van der Waals surface area contributed by atoms with Crippen LogP contribution in [-0.2, 0) is 4.79 Å². The quantitative estimate of drug-likeness (QED) is 0.609. The minimum Gasteiger partial charge on any atom is -0.473 e. The highest BCUT2D eigenvalue weighted by Crippen LogP contribution is 2.35. The summed E-state index contributed by atoms with van der Waals surface area (Å²) in [5.74, 6) is 0.608. The lowest BCUT2D eigenvalue weighted by Gasteiger charge is -2.36. The van der Waals surface area contributed by atoms with Gasteiger partial charge >= 0.3 is 0 Å². The van der Waals surface area contributed by atoms with Gasteiger partial charge in [-0.25, -0.2) is 9.97 Å². The Kier molecular flexibility index (Phi) is 5.69. The van der Waals surface area contributed by atoms with Crippen LogP contribution in [0, 0.1) is 0 Å². The van der Waals surface area contributed by atoms with Gasteiger partial charge in [-0.15, -0.1) is 0 Å². The molecule has 3 aromatic rings. The van der Waals surface area contributed by atoms with Crippen LogP contribution in [0.5, 0.6) is 5.88 Å². The second-order valence-electron chi connectivity index (χ2n) is 8.10. The number of para-hydroxylation sites is 1. The van der Waals surface area contributed by atoms with Gasteiger partial charge in [-0.05, 0) is 25.0 Å². The average Bonchev–Trinajstić information content (AvgIpc) is 3.20. The van der Waals surface area contributed by atoms with Gasteiger partial charge in [-0.2, -0.15) is 0 Å². The van der Waals surface area contributed by atoms with E-state index in [1.54, 1.807) is 28.6 Å². The number of likely N-dealkylation sites (tertiary alicyclic amines) is 1. The summed E-state index contributed by atoms with van der Waals surface area (Å²) >= 11 is 1.68. The van der Waals surface area contributed by atoms with E-state index in [4.69, 9.17) is 9.84 Å². The lowest BCUT2D eigenvalue weighted by Crippen LogP contribution is -2.43. The molecule has 5 rings (SSSR count). The predicted molar refractivity (Wildman–Crippen MR) is 118 cm³/mol. The largest absolute Gasteiger partial charge is 0.473 e. The van der Waals surface area contributed by atoms with Crippen LogP contribution in [0.2, 0.25) is 0 Å². The van der Waals surface area contributed by atoms with E-state index in [0.717, 1.165) is 42.0 Å². The Hall–Kier alpha value is -2.78. The zero-order valence-corrected chi connectivity index (χ0v) is 17.9. The lowest BCUT2D eigenvalue weighted by molar-refractivity contribution is -0.135. The number of nitrogens with zero attached hydrogens (tertiary/aromatic N) is 4. The number of anilines is 1. The number of rotatable bonds is 6. The number of ether oxygens (including phenoxy) is 1. The third-order valence-electron chi connectivity index (χ3n) is 6.06. The fraction of sp³-hybridized carbons (Fsp3) is 0.455. The van der Waals surface area contributed by atoms with Crippen molar-refractivity contribution in [2.45, 2.75) is 43.7 Å². The smallest absolute Gasteiger partial charge is 0.248 e. The minimum atomic E-state index is -0.432. The van der Waals surface area contributed by atoms with Gasteiger partial charge in [0.05, 0.1) is 10.2 Å². The van der Waals surface area contributed by atoms with Crippen molar-refractivity contribution in [2.75, 3.05) is 25.0 Å². The third-order valence-corrected chi connectivity index (χ3v) is 7.02. The maximum atomic E-state index is 11.7. The number of aromatic nitrogens is 3. The maximum absolute atomic E-state index is 11.7. The fourth-order valence-corrected chi connectivity index (χ4v) is 5.20. The van der Waals surface area contributed by atoms with E-state index in [1.807, 2.05) is 18.2 Å². The summed E-state index contributed by atoms with van der Waals surface area (Å²) in [4.78, 5) is 27.0. The molecule has 1 saturated heterocycles. The number of aliphatic hydroxyl groups excluding tert-OH is 1. The van der Waals surface area contributed by atoms with Gasteiger partial charge in [0, 0.05) is 50.3 Å². The van der Waals surface area contributed by atoms with Crippen molar-refractivity contribution in [3.05, 3.63) is 42.4 Å². The molecule has 0 atom stereocenters. The van der Waals surface area contributed by atoms with E-state index in [-0.39, 0.29) is 17.9 Å². The molecule has 2 fully saturated rings. The van der Waals surface area contributed by atoms with Gasteiger partial charge < -0.3 is 20.1 Å². The molecule has 9 heteroatoms. The summed E-state index contributed by atoms with van der Waals surface area (Å²) in [6, 6.07) is 8.50. The lowest BCUT2D eigenvalue weighted by atomic mass is 9.89. The molecule has 0 spiro atoms. The first kappa shape index (κ1) is 20.1. The van der Waals surface area contributed by atoms with Gasteiger partial charge in [0.25, 0.3) is 0 Å². The molecule has 1 aromatic carbocycles. The summed E-state index contributed by atoms with van der Waals surface area (Å²) in [6.07, 6.45) is 6.87. The van der Waals surface area contributed by atoms with Crippen molar-refractivity contribution in [1.82, 2.24) is 19.9 Å². The first-order chi connectivity index (χ1) is 15.2. The zero-order valence-electron chi connectivity index (χ0n) is 17.1. The number of fused-ring (bicyclic) bond motifs is 1. The molecule has 0 bridgehead atoms. The van der Waals surface area contributed by atoms with Crippen LogP contribution in [0.1, 0.15) is 37.3 Å². The molecule has 8 nitrogen and oxygen atoms in total. The van der Waals surface area contributed by atoms with Gasteiger partial charge in [-0.3, -0.25) is 9.78 Å². The standard InChI is InChI=1S/C22H25N5O3S/c28-13-19(29)27-9-5-14(6-10-27)20-21(24-8-7-23-20)30-16-11-15(12-16)25-22-26-17-3-1-2-4-18(17)31-22/h1-4,7-8,14-16,28H,5-6,9-13H2,(H,25,26). The number of hydrogen-bond acceptors (Lipinski definition) is 8.